The Hall–Kier alpha value is -3.42. The van der Waals surface area contributed by atoms with Gasteiger partial charge >= 0.3 is 0 Å². The van der Waals surface area contributed by atoms with Gasteiger partial charge in [-0.3, -0.25) is 14.4 Å². The number of carbonyl (C=O) groups excluding carboxylic acids is 3. The van der Waals surface area contributed by atoms with Crippen LogP contribution in [0.4, 0.5) is 10.1 Å². The number of nitrogens with zero attached hydrogens (tertiary/aromatic N) is 1. The number of halogens is 1. The smallest absolute Gasteiger partial charge is 0.265 e. The first kappa shape index (κ1) is 23.2. The second-order valence-corrected chi connectivity index (χ2v) is 7.96. The summed E-state index contributed by atoms with van der Waals surface area (Å²) in [7, 11) is 0. The topological polar surface area (TPSA) is 84.9 Å². The maximum absolute atomic E-state index is 13.7. The van der Waals surface area contributed by atoms with E-state index in [0.717, 1.165) is 0 Å². The molecule has 0 aromatic heterocycles. The molecule has 32 heavy (non-hydrogen) atoms. The number of para-hydroxylation sites is 1. The van der Waals surface area contributed by atoms with E-state index in [1.54, 1.807) is 24.3 Å². The van der Waals surface area contributed by atoms with Crippen molar-refractivity contribution in [3.63, 3.8) is 0 Å². The fraction of sp³-hybridized carbons (Fsp3) is 0.375. The van der Waals surface area contributed by atoms with Gasteiger partial charge in [-0.25, -0.2) is 4.39 Å². The van der Waals surface area contributed by atoms with Gasteiger partial charge in [0.15, 0.2) is 30.6 Å². The van der Waals surface area contributed by atoms with Crippen molar-refractivity contribution in [3.8, 4) is 11.5 Å². The van der Waals surface area contributed by atoms with Gasteiger partial charge in [-0.15, -0.1) is 0 Å². The summed E-state index contributed by atoms with van der Waals surface area (Å²) in [5.74, 6) is -0.364. The molecule has 7 nitrogen and oxygen atoms in total. The molecule has 0 spiro atoms. The molecule has 170 valence electrons. The van der Waals surface area contributed by atoms with Crippen molar-refractivity contribution in [2.24, 2.45) is 5.92 Å². The van der Waals surface area contributed by atoms with Crippen LogP contribution in [0.25, 0.3) is 0 Å². The van der Waals surface area contributed by atoms with Gasteiger partial charge in [0.05, 0.1) is 5.69 Å². The minimum absolute atomic E-state index is 0.00492. The number of Topliss-reactive ketones (excluding diaryl/α,β-unsaturated/α-hetero) is 1. The molecule has 1 aliphatic heterocycles. The van der Waals surface area contributed by atoms with E-state index in [1.165, 1.54) is 23.1 Å². The minimum Gasteiger partial charge on any atom is -0.482 e. The Bertz CT molecular complexity index is 992. The molecular formula is C24H27FN2O5. The van der Waals surface area contributed by atoms with Crippen LogP contribution in [-0.4, -0.2) is 43.9 Å². The highest BCUT2D eigenvalue weighted by atomic mass is 19.1. The van der Waals surface area contributed by atoms with Gasteiger partial charge in [-0.05, 0) is 42.7 Å². The summed E-state index contributed by atoms with van der Waals surface area (Å²) in [6.07, 6.45) is 0.769. The average molecular weight is 442 g/mol. The third-order valence-electron chi connectivity index (χ3n) is 4.91. The van der Waals surface area contributed by atoms with Crippen molar-refractivity contribution in [1.82, 2.24) is 5.32 Å². The van der Waals surface area contributed by atoms with Crippen molar-refractivity contribution in [1.29, 1.82) is 0 Å². The number of anilines is 1. The van der Waals surface area contributed by atoms with E-state index in [4.69, 9.17) is 9.47 Å². The molecule has 0 radical (unpaired) electrons. The van der Waals surface area contributed by atoms with E-state index in [1.807, 2.05) is 13.8 Å². The Morgan fingerprint density at radius 2 is 2.00 bits per heavy atom. The summed E-state index contributed by atoms with van der Waals surface area (Å²) >= 11 is 0. The number of nitrogens with one attached hydrogen (secondary N) is 1. The molecule has 3 rings (SSSR count). The quantitative estimate of drug-likeness (QED) is 0.571. The summed E-state index contributed by atoms with van der Waals surface area (Å²) in [6.45, 7) is 4.53. The number of ketones is 1. The molecule has 0 saturated heterocycles. The fourth-order valence-electron chi connectivity index (χ4n) is 3.21. The number of amides is 2. The summed E-state index contributed by atoms with van der Waals surface area (Å²) in [5.41, 5.74) is 0.790. The normalized spacial score (nSPS) is 12.9. The molecule has 1 aliphatic rings. The monoisotopic (exact) mass is 442 g/mol. The summed E-state index contributed by atoms with van der Waals surface area (Å²) in [6, 6.07) is 10.6. The molecule has 1 heterocycles. The molecule has 0 unspecified atom stereocenters. The number of benzene rings is 2. The van der Waals surface area contributed by atoms with Crippen LogP contribution in [-0.2, 0) is 9.59 Å². The maximum Gasteiger partial charge on any atom is 0.265 e. The van der Waals surface area contributed by atoms with Crippen LogP contribution >= 0.6 is 0 Å². The van der Waals surface area contributed by atoms with Gasteiger partial charge in [0.2, 0.25) is 5.91 Å². The SMILES string of the molecule is CC(C)CNC(=O)CCCN1C(=O)COc2ccc(C(=O)COc3ccccc3F)cc21. The molecule has 2 aromatic rings. The van der Waals surface area contributed by atoms with Crippen LogP contribution in [0, 0.1) is 11.7 Å². The van der Waals surface area contributed by atoms with Crippen LogP contribution in [0.1, 0.15) is 37.0 Å². The van der Waals surface area contributed by atoms with Crippen LogP contribution in [0.15, 0.2) is 42.5 Å². The lowest BCUT2D eigenvalue weighted by atomic mass is 10.1. The molecular weight excluding hydrogens is 415 g/mol. The van der Waals surface area contributed by atoms with Crippen LogP contribution in [0.2, 0.25) is 0 Å². The first-order chi connectivity index (χ1) is 15.3. The summed E-state index contributed by atoms with van der Waals surface area (Å²) in [4.78, 5) is 38.5. The number of carbonyl (C=O) groups is 3. The largest absolute Gasteiger partial charge is 0.482 e. The summed E-state index contributed by atoms with van der Waals surface area (Å²) in [5, 5.41) is 2.85. The van der Waals surface area contributed by atoms with Crippen molar-refractivity contribution in [3.05, 3.63) is 53.8 Å². The zero-order chi connectivity index (χ0) is 23.1. The Kier molecular flexibility index (Phi) is 7.81. The van der Waals surface area contributed by atoms with Gasteiger partial charge in [0.25, 0.3) is 5.91 Å². The fourth-order valence-corrected chi connectivity index (χ4v) is 3.21. The van der Waals surface area contributed by atoms with Crippen LogP contribution in [0.5, 0.6) is 11.5 Å². The number of hydrogen-bond donors (Lipinski definition) is 1. The zero-order valence-corrected chi connectivity index (χ0v) is 18.2. The van der Waals surface area contributed by atoms with Crippen LogP contribution < -0.4 is 19.7 Å². The zero-order valence-electron chi connectivity index (χ0n) is 18.2. The average Bonchev–Trinajstić information content (AvgIpc) is 2.78. The highest BCUT2D eigenvalue weighted by Crippen LogP contribution is 2.33. The first-order valence-corrected chi connectivity index (χ1v) is 10.6. The van der Waals surface area contributed by atoms with E-state index < -0.39 is 5.82 Å². The van der Waals surface area contributed by atoms with Gasteiger partial charge in [0.1, 0.15) is 5.75 Å². The number of fused-ring (bicyclic) bond motifs is 1. The summed E-state index contributed by atoms with van der Waals surface area (Å²) < 4.78 is 24.5. The molecule has 0 bridgehead atoms. The van der Waals surface area contributed by atoms with Crippen molar-refractivity contribution < 1.29 is 28.2 Å². The lowest BCUT2D eigenvalue weighted by Crippen LogP contribution is -2.40. The predicted molar refractivity (Wildman–Crippen MR) is 118 cm³/mol. The Balaban J connectivity index is 1.64. The molecule has 0 aliphatic carbocycles. The lowest BCUT2D eigenvalue weighted by molar-refractivity contribution is -0.122. The molecule has 2 amide bonds. The molecule has 2 aromatic carbocycles. The molecule has 1 N–H and O–H groups in total. The molecule has 0 atom stereocenters. The predicted octanol–water partition coefficient (Wildman–Crippen LogP) is 3.37. The van der Waals surface area contributed by atoms with Gasteiger partial charge in [0, 0.05) is 25.1 Å². The van der Waals surface area contributed by atoms with E-state index in [2.05, 4.69) is 5.32 Å². The van der Waals surface area contributed by atoms with E-state index in [-0.39, 0.29) is 36.6 Å². The molecule has 8 heteroatoms. The van der Waals surface area contributed by atoms with E-state index in [9.17, 15) is 18.8 Å². The number of rotatable bonds is 10. The number of hydrogen-bond acceptors (Lipinski definition) is 5. The van der Waals surface area contributed by atoms with E-state index >= 15 is 0 Å². The second kappa shape index (κ2) is 10.7. The van der Waals surface area contributed by atoms with Gasteiger partial charge in [-0.2, -0.15) is 0 Å². The maximum atomic E-state index is 13.7. The first-order valence-electron chi connectivity index (χ1n) is 10.6. The molecule has 0 saturated carbocycles. The van der Waals surface area contributed by atoms with Crippen LogP contribution in [0.3, 0.4) is 0 Å². The second-order valence-electron chi connectivity index (χ2n) is 7.96. The third-order valence-corrected chi connectivity index (χ3v) is 4.91. The highest BCUT2D eigenvalue weighted by Gasteiger charge is 2.26. The molecule has 0 fully saturated rings. The van der Waals surface area contributed by atoms with Gasteiger partial charge in [-0.1, -0.05) is 26.0 Å². The Morgan fingerprint density at radius 3 is 2.75 bits per heavy atom. The standard InChI is InChI=1S/C24H27FN2O5/c1-16(2)13-26-23(29)8-5-11-27-19-12-17(9-10-22(19)32-15-24(27)30)20(28)14-31-21-7-4-3-6-18(21)25/h3-4,6-7,9-10,12,16H,5,8,11,13-15H2,1-2H3,(H,26,29). The third kappa shape index (κ3) is 6.06. The van der Waals surface area contributed by atoms with Gasteiger partial charge < -0.3 is 19.7 Å². The van der Waals surface area contributed by atoms with Crippen molar-refractivity contribution in [2.45, 2.75) is 26.7 Å². The lowest BCUT2D eigenvalue weighted by Gasteiger charge is -2.29. The Labute approximate surface area is 186 Å². The number of ether oxygens (including phenoxy) is 2. The van der Waals surface area contributed by atoms with Crippen molar-refractivity contribution in [2.75, 3.05) is 31.2 Å². The van der Waals surface area contributed by atoms with Crippen molar-refractivity contribution >= 4 is 23.3 Å². The highest BCUT2D eigenvalue weighted by molar-refractivity contribution is 6.02. The Morgan fingerprint density at radius 1 is 1.22 bits per heavy atom. The minimum atomic E-state index is -0.548. The van der Waals surface area contributed by atoms with E-state index in [0.29, 0.717) is 48.8 Å².